The number of Topliss-reactive ketones (excluding diaryl/α,β-unsaturated/α-hetero) is 1. The summed E-state index contributed by atoms with van der Waals surface area (Å²) in [5.74, 6) is -8.63. The van der Waals surface area contributed by atoms with Crippen LogP contribution in [0.4, 0.5) is 8.78 Å². The molecule has 2 aromatic rings. The fourth-order valence-electron chi connectivity index (χ4n) is 3.34. The molecule has 2 aliphatic rings. The van der Waals surface area contributed by atoms with E-state index in [1.807, 2.05) is 5.32 Å². The number of piperidine rings is 1. The largest absolute Gasteiger partial charge is 0.330 e. The first kappa shape index (κ1) is 15.6. The minimum atomic E-state index is -4.12. The first-order valence-electron chi connectivity index (χ1n) is 12.5. The minimum absolute atomic E-state index is 0.141. The number of ketones is 1. The first-order valence-corrected chi connectivity index (χ1v) is 9.87. The highest BCUT2D eigenvalue weighted by Crippen LogP contribution is 2.32. The quantitative estimate of drug-likeness (QED) is 0.661. The Morgan fingerprint density at radius 2 is 2.00 bits per heavy atom. The summed E-state index contributed by atoms with van der Waals surface area (Å²) < 4.78 is 80.0. The van der Waals surface area contributed by atoms with Gasteiger partial charge in [0.15, 0.2) is 0 Å². The molecule has 6 nitrogen and oxygen atoms in total. The van der Waals surface area contributed by atoms with Gasteiger partial charge in [-0.2, -0.15) is 8.78 Å². The van der Waals surface area contributed by atoms with E-state index in [0.29, 0.717) is 4.90 Å². The van der Waals surface area contributed by atoms with Crippen LogP contribution in [-0.4, -0.2) is 34.4 Å². The van der Waals surface area contributed by atoms with Crippen LogP contribution < -0.4 is 5.32 Å². The van der Waals surface area contributed by atoms with Crippen molar-refractivity contribution in [1.29, 1.82) is 0 Å². The Balaban J connectivity index is 1.72. The van der Waals surface area contributed by atoms with Gasteiger partial charge < -0.3 is 4.90 Å². The molecule has 9 heteroatoms. The molecule has 32 heavy (non-hydrogen) atoms. The van der Waals surface area contributed by atoms with E-state index in [2.05, 4.69) is 0 Å². The maximum atomic E-state index is 14.8. The highest BCUT2D eigenvalue weighted by molar-refractivity contribution is 6.30. The van der Waals surface area contributed by atoms with Crippen LogP contribution in [0.5, 0.6) is 0 Å². The number of carbonyl (C=O) groups excluding carboxylic acids is 4. The average molecular weight is 467 g/mol. The highest BCUT2D eigenvalue weighted by Gasteiger charge is 2.41. The molecule has 166 valence electrons. The van der Waals surface area contributed by atoms with Crippen LogP contribution in [0, 0.1) is 0 Å². The molecule has 2 heterocycles. The third kappa shape index (κ3) is 4.14. The molecular weight excluding hydrogens is 442 g/mol. The molecule has 0 saturated carbocycles. The topological polar surface area (TPSA) is 83.6 Å². The van der Waals surface area contributed by atoms with Crippen LogP contribution in [-0.2, 0) is 33.2 Å². The SMILES string of the molecule is [2H]c1cc(C([2H])([2H])CC(=O)C(F)(F)c2ccc(Cl)cc2)c([2H])c2c1C(=O)N(C1CCC(=O)NC1=O)C2([2H])[2H]. The average Bonchev–Trinajstić information content (AvgIpc) is 3.02. The standard InChI is InChI=1S/C23H19ClF2N2O4/c24-16-5-3-15(4-6-16)23(25,26)19(29)9-2-13-1-7-17-14(11-13)12-28(22(17)32)18-8-10-20(30)27-21(18)31/h1,3-7,11,18H,2,8-10,12H2,(H,27,30,31)/i2D2,7D,11D,12D2. The molecule has 0 bridgehead atoms. The third-order valence-electron chi connectivity index (χ3n) is 5.05. The van der Waals surface area contributed by atoms with Crippen LogP contribution in [0.15, 0.2) is 42.4 Å². The van der Waals surface area contributed by atoms with Crippen LogP contribution in [0.2, 0.25) is 5.02 Å². The summed E-state index contributed by atoms with van der Waals surface area (Å²) in [5, 5.41) is 2.14. The van der Waals surface area contributed by atoms with Gasteiger partial charge in [0, 0.05) is 38.2 Å². The van der Waals surface area contributed by atoms with E-state index < -0.39 is 89.1 Å². The van der Waals surface area contributed by atoms with Crippen molar-refractivity contribution in [1.82, 2.24) is 10.2 Å². The number of rotatable bonds is 6. The lowest BCUT2D eigenvalue weighted by molar-refractivity contribution is -0.144. The second-order valence-electron chi connectivity index (χ2n) is 7.19. The van der Waals surface area contributed by atoms with Gasteiger partial charge >= 0.3 is 5.92 Å². The Kier molecular flexibility index (Phi) is 4.12. The van der Waals surface area contributed by atoms with E-state index >= 15 is 0 Å². The Bertz CT molecular complexity index is 1390. The number of carbonyl (C=O) groups is 4. The van der Waals surface area contributed by atoms with Gasteiger partial charge in [-0.05, 0) is 42.1 Å². The molecule has 1 unspecified atom stereocenters. The van der Waals surface area contributed by atoms with E-state index in [-0.39, 0.29) is 17.9 Å². The molecule has 0 radical (unpaired) electrons. The number of halogens is 3. The van der Waals surface area contributed by atoms with E-state index in [4.69, 9.17) is 19.8 Å². The third-order valence-corrected chi connectivity index (χ3v) is 5.31. The molecule has 0 aromatic heterocycles. The molecule has 1 N–H and O–H groups in total. The number of alkyl halides is 2. The van der Waals surface area contributed by atoms with Crippen molar-refractivity contribution in [2.24, 2.45) is 0 Å². The van der Waals surface area contributed by atoms with Gasteiger partial charge in [0.1, 0.15) is 6.04 Å². The van der Waals surface area contributed by atoms with Gasteiger partial charge in [-0.25, -0.2) is 0 Å². The summed E-state index contributed by atoms with van der Waals surface area (Å²) >= 11 is 5.69. The smallest absolute Gasteiger partial charge is 0.322 e. The van der Waals surface area contributed by atoms with Gasteiger partial charge in [0.2, 0.25) is 17.6 Å². The Labute approximate surface area is 196 Å². The van der Waals surface area contributed by atoms with Crippen LogP contribution in [0.1, 0.15) is 54.5 Å². The van der Waals surface area contributed by atoms with Crippen molar-refractivity contribution < 1.29 is 36.2 Å². The summed E-state index contributed by atoms with van der Waals surface area (Å²) in [6.07, 6.45) is -4.80. The van der Waals surface area contributed by atoms with E-state index in [0.717, 1.165) is 30.3 Å². The van der Waals surface area contributed by atoms with E-state index in [9.17, 15) is 28.0 Å². The first-order chi connectivity index (χ1) is 17.5. The number of amides is 3. The number of imide groups is 1. The Morgan fingerprint density at radius 3 is 2.69 bits per heavy atom. The second kappa shape index (κ2) is 8.43. The number of benzene rings is 2. The summed E-state index contributed by atoms with van der Waals surface area (Å²) in [6, 6.07) is 1.74. The lowest BCUT2D eigenvalue weighted by atomic mass is 9.97. The molecule has 4 rings (SSSR count). The van der Waals surface area contributed by atoms with Gasteiger partial charge in [-0.1, -0.05) is 35.8 Å². The maximum Gasteiger partial charge on any atom is 0.330 e. The molecule has 1 saturated heterocycles. The minimum Gasteiger partial charge on any atom is -0.322 e. The van der Waals surface area contributed by atoms with Gasteiger partial charge in [-0.15, -0.1) is 0 Å². The molecule has 0 spiro atoms. The molecule has 1 fully saturated rings. The summed E-state index contributed by atoms with van der Waals surface area (Å²) in [7, 11) is 0. The number of aryl methyl sites for hydroxylation is 1. The lowest BCUT2D eigenvalue weighted by Gasteiger charge is -2.29. The predicted octanol–water partition coefficient (Wildman–Crippen LogP) is 3.39. The summed E-state index contributed by atoms with van der Waals surface area (Å²) in [5.41, 5.74) is -2.80. The van der Waals surface area contributed by atoms with Crippen molar-refractivity contribution in [3.8, 4) is 0 Å². The Hall–Kier alpha value is -3.13. The Morgan fingerprint density at radius 1 is 1.28 bits per heavy atom. The van der Waals surface area contributed by atoms with Crippen molar-refractivity contribution in [3.05, 3.63) is 69.7 Å². The fraction of sp³-hybridized carbons (Fsp3) is 0.304. The normalized spacial score (nSPS) is 23.3. The van der Waals surface area contributed by atoms with Crippen LogP contribution in [0.3, 0.4) is 0 Å². The van der Waals surface area contributed by atoms with Crippen molar-refractivity contribution in [2.75, 3.05) is 0 Å². The zero-order chi connectivity index (χ0) is 28.4. The van der Waals surface area contributed by atoms with Gasteiger partial charge in [-0.3, -0.25) is 24.5 Å². The number of fused-ring (bicyclic) bond motifs is 1. The molecular formula is C23H19ClF2N2O4. The molecule has 2 aromatic carbocycles. The van der Waals surface area contributed by atoms with Crippen molar-refractivity contribution in [2.45, 2.75) is 44.1 Å². The predicted molar refractivity (Wildman–Crippen MR) is 111 cm³/mol. The number of nitrogens with one attached hydrogen (secondary N) is 1. The summed E-state index contributed by atoms with van der Waals surface area (Å²) in [6.45, 7) is -2.88. The fourth-order valence-corrected chi connectivity index (χ4v) is 3.47. The highest BCUT2D eigenvalue weighted by atomic mass is 35.5. The van der Waals surface area contributed by atoms with E-state index in [1.165, 1.54) is 0 Å². The lowest BCUT2D eigenvalue weighted by Crippen LogP contribution is -2.52. The number of hydrogen-bond donors (Lipinski definition) is 1. The summed E-state index contributed by atoms with van der Waals surface area (Å²) in [4.78, 5) is 50.0. The molecule has 3 amide bonds. The van der Waals surface area contributed by atoms with Crippen molar-refractivity contribution in [3.63, 3.8) is 0 Å². The zero-order valence-corrected chi connectivity index (χ0v) is 17.1. The van der Waals surface area contributed by atoms with Crippen LogP contribution >= 0.6 is 11.6 Å². The molecule has 2 aliphatic heterocycles. The van der Waals surface area contributed by atoms with Crippen LogP contribution in [0.25, 0.3) is 0 Å². The zero-order valence-electron chi connectivity index (χ0n) is 22.3. The maximum absolute atomic E-state index is 14.8. The monoisotopic (exact) mass is 466 g/mol. The van der Waals surface area contributed by atoms with Gasteiger partial charge in [0.05, 0.1) is 5.48 Å². The number of hydrogen-bond acceptors (Lipinski definition) is 4. The number of nitrogens with zero attached hydrogens (tertiary/aromatic N) is 1. The second-order valence-corrected chi connectivity index (χ2v) is 7.63. The van der Waals surface area contributed by atoms with Crippen molar-refractivity contribution >= 4 is 35.1 Å². The van der Waals surface area contributed by atoms with E-state index in [1.54, 1.807) is 0 Å². The van der Waals surface area contributed by atoms with Gasteiger partial charge in [0.25, 0.3) is 5.91 Å². The molecule has 1 atom stereocenters. The molecule has 0 aliphatic carbocycles.